The SMILES string of the molecule is C[C@@H](CCCCCCC(O)(CO)CO)COc1ccc(-c2ccc([C@]34CC5CC(C[C@H](C5)C3)C4)c(F)c2F)c(F)c1F. The molecule has 4 nitrogen and oxygen atoms in total. The van der Waals surface area contributed by atoms with Gasteiger partial charge in [0.2, 0.25) is 5.82 Å². The lowest BCUT2D eigenvalue weighted by Gasteiger charge is -2.57. The zero-order valence-corrected chi connectivity index (χ0v) is 24.5. The summed E-state index contributed by atoms with van der Waals surface area (Å²) in [4.78, 5) is 0. The smallest absolute Gasteiger partial charge is 0.201 e. The van der Waals surface area contributed by atoms with E-state index in [0.29, 0.717) is 36.2 Å². The molecule has 0 unspecified atom stereocenters. The van der Waals surface area contributed by atoms with Crippen molar-refractivity contribution >= 4 is 0 Å². The molecule has 232 valence electrons. The first-order valence-electron chi connectivity index (χ1n) is 15.6. The normalized spacial score (nSPS) is 25.7. The summed E-state index contributed by atoms with van der Waals surface area (Å²) in [5, 5.41) is 28.2. The van der Waals surface area contributed by atoms with E-state index in [2.05, 4.69) is 0 Å². The molecule has 4 aliphatic rings. The summed E-state index contributed by atoms with van der Waals surface area (Å²) >= 11 is 0. The zero-order valence-electron chi connectivity index (χ0n) is 24.5. The van der Waals surface area contributed by atoms with Gasteiger partial charge in [-0.25, -0.2) is 13.2 Å². The van der Waals surface area contributed by atoms with Gasteiger partial charge in [0.15, 0.2) is 23.2 Å². The minimum atomic E-state index is -1.44. The molecule has 0 heterocycles. The number of unbranched alkanes of at least 4 members (excludes halogenated alkanes) is 3. The van der Waals surface area contributed by atoms with E-state index >= 15 is 13.2 Å². The van der Waals surface area contributed by atoms with E-state index in [9.17, 15) is 9.50 Å². The first kappa shape index (κ1) is 31.3. The average molecular weight is 593 g/mol. The molecule has 0 saturated heterocycles. The fourth-order valence-electron chi connectivity index (χ4n) is 8.28. The van der Waals surface area contributed by atoms with Gasteiger partial charge in [-0.05, 0) is 98.1 Å². The van der Waals surface area contributed by atoms with Crippen molar-refractivity contribution in [3.63, 3.8) is 0 Å². The molecule has 8 heteroatoms. The highest BCUT2D eigenvalue weighted by Crippen LogP contribution is 2.61. The summed E-state index contributed by atoms with van der Waals surface area (Å²) < 4.78 is 66.8. The number of hydrogen-bond donors (Lipinski definition) is 3. The Morgan fingerprint density at radius 1 is 0.786 bits per heavy atom. The van der Waals surface area contributed by atoms with Gasteiger partial charge in [0.1, 0.15) is 5.60 Å². The Labute approximate surface area is 246 Å². The van der Waals surface area contributed by atoms with Crippen LogP contribution in [-0.2, 0) is 5.41 Å². The van der Waals surface area contributed by atoms with Gasteiger partial charge in [-0.1, -0.05) is 44.7 Å². The number of halogens is 4. The molecule has 0 aromatic heterocycles. The molecular formula is C34H44F4O4. The Morgan fingerprint density at radius 2 is 1.33 bits per heavy atom. The van der Waals surface area contributed by atoms with Crippen LogP contribution in [-0.4, -0.2) is 40.7 Å². The Morgan fingerprint density at radius 3 is 1.93 bits per heavy atom. The maximum Gasteiger partial charge on any atom is 0.201 e. The molecule has 4 fully saturated rings. The highest BCUT2D eigenvalue weighted by atomic mass is 19.2. The average Bonchev–Trinajstić information content (AvgIpc) is 2.96. The molecule has 4 saturated carbocycles. The van der Waals surface area contributed by atoms with Crippen LogP contribution in [0.3, 0.4) is 0 Å². The first-order chi connectivity index (χ1) is 20.1. The van der Waals surface area contributed by atoms with Crippen LogP contribution in [0.5, 0.6) is 5.75 Å². The van der Waals surface area contributed by atoms with Crippen LogP contribution in [0, 0.1) is 46.9 Å². The van der Waals surface area contributed by atoms with Gasteiger partial charge in [0.25, 0.3) is 0 Å². The summed E-state index contributed by atoms with van der Waals surface area (Å²) in [7, 11) is 0. The standard InChI is InChI=1S/C34H44F4O4/c1-21(6-4-2-3-5-11-34(41,19-39)20-40)18-42-28-10-8-26(30(36)32(28)38)25-7-9-27(31(37)29(25)35)33-15-22-12-23(16-33)14-24(13-22)17-33/h7-10,21-24,39-41H,2-6,11-20H2,1H3/t21-,22-,23?,24?,33-/m0/s1. The van der Waals surface area contributed by atoms with Crippen molar-refractivity contribution in [1.29, 1.82) is 0 Å². The monoisotopic (exact) mass is 592 g/mol. The summed E-state index contributed by atoms with van der Waals surface area (Å²) in [5.74, 6) is -3.02. The van der Waals surface area contributed by atoms with Crippen LogP contribution in [0.25, 0.3) is 11.1 Å². The molecule has 0 aliphatic heterocycles. The van der Waals surface area contributed by atoms with Gasteiger partial charge >= 0.3 is 0 Å². The minimum Gasteiger partial charge on any atom is -0.490 e. The van der Waals surface area contributed by atoms with E-state index in [-0.39, 0.29) is 34.8 Å². The highest BCUT2D eigenvalue weighted by molar-refractivity contribution is 5.67. The molecule has 2 aromatic carbocycles. The largest absolute Gasteiger partial charge is 0.490 e. The van der Waals surface area contributed by atoms with Crippen LogP contribution < -0.4 is 4.74 Å². The summed E-state index contributed by atoms with van der Waals surface area (Å²) in [6, 6.07) is 5.53. The van der Waals surface area contributed by atoms with Gasteiger partial charge in [-0.3, -0.25) is 0 Å². The lowest BCUT2D eigenvalue weighted by molar-refractivity contribution is -0.0616. The first-order valence-corrected chi connectivity index (χ1v) is 15.6. The molecule has 1 atom stereocenters. The summed E-state index contributed by atoms with van der Waals surface area (Å²) in [5.41, 5.74) is -1.99. The molecule has 4 aliphatic carbocycles. The molecule has 42 heavy (non-hydrogen) atoms. The predicted molar refractivity (Wildman–Crippen MR) is 153 cm³/mol. The molecular weight excluding hydrogens is 548 g/mol. The maximum absolute atomic E-state index is 15.6. The lowest BCUT2D eigenvalue weighted by Crippen LogP contribution is -2.49. The van der Waals surface area contributed by atoms with Crippen LogP contribution >= 0.6 is 0 Å². The van der Waals surface area contributed by atoms with E-state index in [1.807, 2.05) is 6.92 Å². The van der Waals surface area contributed by atoms with Crippen LogP contribution in [0.1, 0.15) is 89.5 Å². The van der Waals surface area contributed by atoms with Gasteiger partial charge in [-0.2, -0.15) is 4.39 Å². The molecule has 3 N–H and O–H groups in total. The maximum atomic E-state index is 15.6. The Bertz CT molecular complexity index is 1210. The second-order valence-electron chi connectivity index (χ2n) is 13.6. The third-order valence-electron chi connectivity index (χ3n) is 10.2. The number of rotatable bonds is 14. The fraction of sp³-hybridized carbons (Fsp3) is 0.647. The Hall–Kier alpha value is -2.16. The zero-order chi connectivity index (χ0) is 30.1. The quantitative estimate of drug-likeness (QED) is 0.157. The number of benzene rings is 2. The third kappa shape index (κ3) is 6.36. The van der Waals surface area contributed by atoms with Crippen molar-refractivity contribution in [2.45, 2.75) is 95.0 Å². The van der Waals surface area contributed by atoms with E-state index in [0.717, 1.165) is 44.9 Å². The summed E-state index contributed by atoms with van der Waals surface area (Å²) in [6.07, 6.45) is 10.6. The Kier molecular flexibility index (Phi) is 9.55. The molecule has 2 aromatic rings. The number of ether oxygens (including phenoxy) is 1. The molecule has 0 spiro atoms. The van der Waals surface area contributed by atoms with Crippen molar-refractivity contribution in [2.75, 3.05) is 19.8 Å². The van der Waals surface area contributed by atoms with Gasteiger partial charge in [0.05, 0.1) is 19.8 Å². The van der Waals surface area contributed by atoms with Gasteiger partial charge in [-0.15, -0.1) is 0 Å². The van der Waals surface area contributed by atoms with Gasteiger partial charge < -0.3 is 20.1 Å². The van der Waals surface area contributed by atoms with E-state index in [1.165, 1.54) is 37.5 Å². The highest BCUT2D eigenvalue weighted by Gasteiger charge is 2.52. The number of aliphatic hydroxyl groups is 3. The lowest BCUT2D eigenvalue weighted by atomic mass is 9.48. The minimum absolute atomic E-state index is 0.0719. The van der Waals surface area contributed by atoms with Crippen LogP contribution in [0.15, 0.2) is 24.3 Å². The second kappa shape index (κ2) is 12.8. The fourth-order valence-corrected chi connectivity index (χ4v) is 8.28. The predicted octanol–water partition coefficient (Wildman–Crippen LogP) is 7.45. The van der Waals surface area contributed by atoms with E-state index in [4.69, 9.17) is 14.9 Å². The van der Waals surface area contributed by atoms with E-state index < -0.39 is 42.1 Å². The van der Waals surface area contributed by atoms with Crippen molar-refractivity contribution in [3.05, 3.63) is 53.1 Å². The molecule has 4 bridgehead atoms. The number of hydrogen-bond acceptors (Lipinski definition) is 4. The van der Waals surface area contributed by atoms with E-state index in [1.54, 1.807) is 6.07 Å². The molecule has 0 radical (unpaired) electrons. The third-order valence-corrected chi connectivity index (χ3v) is 10.2. The Balaban J connectivity index is 1.17. The second-order valence-corrected chi connectivity index (χ2v) is 13.6. The van der Waals surface area contributed by atoms with Crippen LogP contribution in [0.2, 0.25) is 0 Å². The number of aliphatic hydroxyl groups excluding tert-OH is 2. The molecule has 6 rings (SSSR count). The van der Waals surface area contributed by atoms with Crippen molar-refractivity contribution in [3.8, 4) is 16.9 Å². The summed E-state index contributed by atoms with van der Waals surface area (Å²) in [6.45, 7) is 1.17. The van der Waals surface area contributed by atoms with Gasteiger partial charge in [0, 0.05) is 11.1 Å². The van der Waals surface area contributed by atoms with Crippen molar-refractivity contribution in [2.24, 2.45) is 23.7 Å². The van der Waals surface area contributed by atoms with Crippen molar-refractivity contribution in [1.82, 2.24) is 0 Å². The van der Waals surface area contributed by atoms with Crippen molar-refractivity contribution < 1.29 is 37.6 Å². The molecule has 0 amide bonds. The van der Waals surface area contributed by atoms with Crippen LogP contribution in [0.4, 0.5) is 17.6 Å². The topological polar surface area (TPSA) is 69.9 Å².